The Balaban J connectivity index is 1.27. The summed E-state index contributed by atoms with van der Waals surface area (Å²) in [6.07, 6.45) is 0. The number of benzene rings is 2. The molecule has 0 aliphatic carbocycles. The van der Waals surface area contributed by atoms with E-state index in [1.807, 2.05) is 0 Å². The van der Waals surface area contributed by atoms with Crippen molar-refractivity contribution in [3.05, 3.63) is 58.9 Å². The normalized spacial score (nSPS) is 15.1. The highest BCUT2D eigenvalue weighted by molar-refractivity contribution is 7.22. The summed E-state index contributed by atoms with van der Waals surface area (Å²) in [6.45, 7) is 9.69. The van der Waals surface area contributed by atoms with Gasteiger partial charge in [0.2, 0.25) is 0 Å². The van der Waals surface area contributed by atoms with Crippen molar-refractivity contribution >= 4 is 32.6 Å². The molecular formula is C22H26FN4OS+. The van der Waals surface area contributed by atoms with Gasteiger partial charge in [0.05, 0.1) is 49.5 Å². The van der Waals surface area contributed by atoms with Crippen molar-refractivity contribution in [1.82, 2.24) is 10.3 Å². The zero-order chi connectivity index (χ0) is 20.4. The number of carbonyl (C=O) groups is 1. The highest BCUT2D eigenvalue weighted by Gasteiger charge is 2.22. The van der Waals surface area contributed by atoms with Crippen LogP contribution in [-0.2, 0) is 0 Å². The van der Waals surface area contributed by atoms with E-state index in [4.69, 9.17) is 4.98 Å². The number of thiazole rings is 1. The molecule has 7 heteroatoms. The molecule has 0 atom stereocenters. The minimum Gasteiger partial charge on any atom is -0.346 e. The number of nitrogens with one attached hydrogen (secondary N) is 2. The molecule has 2 aromatic carbocycles. The number of quaternary nitrogens is 1. The second kappa shape index (κ2) is 8.47. The number of nitrogens with zero attached hydrogens (tertiary/aromatic N) is 2. The lowest BCUT2D eigenvalue weighted by molar-refractivity contribution is -0.899. The molecule has 0 bridgehead atoms. The molecule has 152 valence electrons. The number of carbonyl (C=O) groups excluding carboxylic acids is 1. The molecule has 2 heterocycles. The van der Waals surface area contributed by atoms with Crippen molar-refractivity contribution < 1.29 is 14.1 Å². The Morgan fingerprint density at radius 3 is 2.79 bits per heavy atom. The van der Waals surface area contributed by atoms with Gasteiger partial charge in [-0.25, -0.2) is 9.37 Å². The summed E-state index contributed by atoms with van der Waals surface area (Å²) in [4.78, 5) is 20.8. The minimum atomic E-state index is -0.389. The molecule has 1 aromatic heterocycles. The van der Waals surface area contributed by atoms with Crippen molar-refractivity contribution in [3.63, 3.8) is 0 Å². The lowest BCUT2D eigenvalue weighted by Gasteiger charge is -2.32. The molecule has 2 N–H and O–H groups in total. The molecule has 29 heavy (non-hydrogen) atoms. The van der Waals surface area contributed by atoms with Gasteiger partial charge < -0.3 is 15.1 Å². The Kier molecular flexibility index (Phi) is 5.78. The van der Waals surface area contributed by atoms with Gasteiger partial charge in [0, 0.05) is 5.56 Å². The van der Waals surface area contributed by atoms with Crippen LogP contribution in [0.25, 0.3) is 10.2 Å². The van der Waals surface area contributed by atoms with Crippen molar-refractivity contribution in [3.8, 4) is 0 Å². The molecule has 3 aromatic rings. The quantitative estimate of drug-likeness (QED) is 0.674. The van der Waals surface area contributed by atoms with Gasteiger partial charge >= 0.3 is 0 Å². The monoisotopic (exact) mass is 413 g/mol. The maximum absolute atomic E-state index is 13.2. The number of piperazine rings is 1. The Hall–Kier alpha value is -2.51. The van der Waals surface area contributed by atoms with Crippen LogP contribution >= 0.6 is 11.3 Å². The highest BCUT2D eigenvalue weighted by atomic mass is 32.1. The first-order valence-corrected chi connectivity index (χ1v) is 10.8. The molecule has 1 fully saturated rings. The van der Waals surface area contributed by atoms with E-state index < -0.39 is 0 Å². The van der Waals surface area contributed by atoms with Crippen LogP contribution in [0.15, 0.2) is 36.4 Å². The fourth-order valence-electron chi connectivity index (χ4n) is 3.70. The van der Waals surface area contributed by atoms with E-state index in [2.05, 4.69) is 36.2 Å². The Morgan fingerprint density at radius 1 is 1.24 bits per heavy atom. The smallest absolute Gasteiger partial charge is 0.251 e. The second-order valence-corrected chi connectivity index (χ2v) is 8.61. The SMILES string of the molecule is Cc1ccc2sc(N3CC[NH+](CCNC(=O)c4cccc(F)c4)CC3)nc2c1C. The molecule has 1 aliphatic heterocycles. The third-order valence-corrected chi connectivity index (χ3v) is 6.75. The van der Waals surface area contributed by atoms with Crippen molar-refractivity contribution in [2.45, 2.75) is 13.8 Å². The van der Waals surface area contributed by atoms with Crippen molar-refractivity contribution in [2.75, 3.05) is 44.2 Å². The van der Waals surface area contributed by atoms with E-state index in [-0.39, 0.29) is 11.7 Å². The van der Waals surface area contributed by atoms with E-state index >= 15 is 0 Å². The lowest BCUT2D eigenvalue weighted by Crippen LogP contribution is -3.15. The molecular weight excluding hydrogens is 387 g/mol. The summed E-state index contributed by atoms with van der Waals surface area (Å²) < 4.78 is 14.5. The first-order valence-electron chi connectivity index (χ1n) is 10.0. The van der Waals surface area contributed by atoms with E-state index in [1.54, 1.807) is 23.5 Å². The number of halogens is 1. The van der Waals surface area contributed by atoms with E-state index in [9.17, 15) is 9.18 Å². The van der Waals surface area contributed by atoms with Crippen LogP contribution in [-0.4, -0.2) is 50.2 Å². The second-order valence-electron chi connectivity index (χ2n) is 7.60. The lowest BCUT2D eigenvalue weighted by atomic mass is 10.1. The number of amides is 1. The van der Waals surface area contributed by atoms with Gasteiger partial charge in [0.25, 0.3) is 5.91 Å². The van der Waals surface area contributed by atoms with Crippen LogP contribution in [0.3, 0.4) is 0 Å². The van der Waals surface area contributed by atoms with Gasteiger partial charge in [-0.05, 0) is 49.2 Å². The average molecular weight is 414 g/mol. The maximum Gasteiger partial charge on any atom is 0.251 e. The third kappa shape index (κ3) is 4.41. The Bertz CT molecular complexity index is 1030. The van der Waals surface area contributed by atoms with E-state index in [0.29, 0.717) is 12.1 Å². The standard InChI is InChI=1S/C22H25FN4OS/c1-15-6-7-19-20(16(15)2)25-22(29-19)27-12-10-26(11-13-27)9-8-24-21(28)17-4-3-5-18(23)14-17/h3-7,14H,8-13H2,1-2H3,(H,24,28)/p+1. The molecule has 1 aliphatic rings. The highest BCUT2D eigenvalue weighted by Crippen LogP contribution is 2.31. The molecule has 1 saturated heterocycles. The number of hydrogen-bond acceptors (Lipinski definition) is 4. The van der Waals surface area contributed by atoms with Gasteiger partial charge in [0.15, 0.2) is 5.13 Å². The van der Waals surface area contributed by atoms with Crippen LogP contribution in [0.1, 0.15) is 21.5 Å². The topological polar surface area (TPSA) is 49.7 Å². The van der Waals surface area contributed by atoms with Crippen LogP contribution in [0, 0.1) is 19.7 Å². The summed E-state index contributed by atoms with van der Waals surface area (Å²) in [5.74, 6) is -0.609. The van der Waals surface area contributed by atoms with Gasteiger partial charge in [-0.3, -0.25) is 4.79 Å². The molecule has 0 unspecified atom stereocenters. The van der Waals surface area contributed by atoms with Gasteiger partial charge in [-0.2, -0.15) is 0 Å². The minimum absolute atomic E-state index is 0.220. The number of fused-ring (bicyclic) bond motifs is 1. The molecule has 0 spiro atoms. The molecule has 4 rings (SSSR count). The van der Waals surface area contributed by atoms with Gasteiger partial charge in [-0.15, -0.1) is 0 Å². The third-order valence-electron chi connectivity index (χ3n) is 5.67. The van der Waals surface area contributed by atoms with Crippen molar-refractivity contribution in [2.24, 2.45) is 0 Å². The summed E-state index contributed by atoms with van der Waals surface area (Å²) in [6, 6.07) is 10.1. The van der Waals surface area contributed by atoms with Crippen LogP contribution in [0.2, 0.25) is 0 Å². The Labute approximate surface area is 174 Å². The average Bonchev–Trinajstić information content (AvgIpc) is 3.16. The zero-order valence-electron chi connectivity index (χ0n) is 16.8. The summed E-state index contributed by atoms with van der Waals surface area (Å²) in [5.41, 5.74) is 4.04. The molecule has 1 amide bonds. The van der Waals surface area contributed by atoms with Crippen molar-refractivity contribution in [1.29, 1.82) is 0 Å². The molecule has 0 saturated carbocycles. The number of aromatic nitrogens is 1. The van der Waals surface area contributed by atoms with Gasteiger partial charge in [-0.1, -0.05) is 23.5 Å². The predicted molar refractivity (Wildman–Crippen MR) is 116 cm³/mol. The summed E-state index contributed by atoms with van der Waals surface area (Å²) in [5, 5.41) is 4.00. The van der Waals surface area contributed by atoms with Crippen LogP contribution < -0.4 is 15.1 Å². The fourth-order valence-corrected chi connectivity index (χ4v) is 4.78. The number of hydrogen-bond donors (Lipinski definition) is 2. The molecule has 5 nitrogen and oxygen atoms in total. The largest absolute Gasteiger partial charge is 0.346 e. The number of anilines is 1. The van der Waals surface area contributed by atoms with E-state index in [1.165, 1.54) is 32.9 Å². The first-order chi connectivity index (χ1) is 14.0. The van der Waals surface area contributed by atoms with Crippen LogP contribution in [0.4, 0.5) is 9.52 Å². The van der Waals surface area contributed by atoms with Gasteiger partial charge in [0.1, 0.15) is 5.82 Å². The summed E-state index contributed by atoms with van der Waals surface area (Å²) in [7, 11) is 0. The van der Waals surface area contributed by atoms with Crippen LogP contribution in [0.5, 0.6) is 0 Å². The molecule has 0 radical (unpaired) electrons. The Morgan fingerprint density at radius 2 is 2.03 bits per heavy atom. The summed E-state index contributed by atoms with van der Waals surface area (Å²) >= 11 is 1.77. The number of rotatable bonds is 5. The fraction of sp³-hybridized carbons (Fsp3) is 0.364. The maximum atomic E-state index is 13.2. The first kappa shape index (κ1) is 19.8. The number of aryl methyl sites for hydroxylation is 2. The zero-order valence-corrected chi connectivity index (χ0v) is 17.6. The predicted octanol–water partition coefficient (Wildman–Crippen LogP) is 2.19. The van der Waals surface area contributed by atoms with E-state index in [0.717, 1.165) is 43.4 Å².